The monoisotopic (exact) mass is 262 g/mol. The molecule has 0 bridgehead atoms. The first-order chi connectivity index (χ1) is 8.89. The molecule has 1 saturated heterocycles. The van der Waals surface area contributed by atoms with Gasteiger partial charge in [-0.15, -0.1) is 0 Å². The molecule has 2 heterocycles. The minimum atomic E-state index is -0.394. The summed E-state index contributed by atoms with van der Waals surface area (Å²) < 4.78 is 2.10. The minimum Gasteiger partial charge on any atom is -0.388 e. The lowest BCUT2D eigenvalue weighted by atomic mass is 9.75. The number of nitrogens with zero attached hydrogens (tertiary/aromatic N) is 2. The van der Waals surface area contributed by atoms with Gasteiger partial charge in [-0.2, -0.15) is 0 Å². The molecule has 3 rings (SSSR count). The molecule has 1 aromatic heterocycles. The Labute approximate surface area is 114 Å². The third-order valence-corrected chi connectivity index (χ3v) is 4.55. The number of aliphatic hydroxyl groups excluding tert-OH is 1. The highest BCUT2D eigenvalue weighted by Crippen LogP contribution is 2.42. The summed E-state index contributed by atoms with van der Waals surface area (Å²) in [5, 5.41) is 10.3. The van der Waals surface area contributed by atoms with Crippen molar-refractivity contribution in [2.75, 3.05) is 13.6 Å². The van der Waals surface area contributed by atoms with Crippen LogP contribution in [0.4, 0.5) is 0 Å². The van der Waals surface area contributed by atoms with Gasteiger partial charge in [-0.05, 0) is 30.7 Å². The molecule has 19 heavy (non-hydrogen) atoms. The average Bonchev–Trinajstić information content (AvgIpc) is 2.83. The molecule has 2 atom stereocenters. The van der Waals surface area contributed by atoms with Gasteiger partial charge in [0.15, 0.2) is 0 Å². The molecule has 104 valence electrons. The van der Waals surface area contributed by atoms with E-state index in [0.717, 1.165) is 37.1 Å². The van der Waals surface area contributed by atoms with Crippen LogP contribution in [-0.4, -0.2) is 34.1 Å². The van der Waals surface area contributed by atoms with Crippen molar-refractivity contribution in [3.05, 3.63) is 23.5 Å². The van der Waals surface area contributed by atoms with Crippen molar-refractivity contribution in [2.24, 2.45) is 5.41 Å². The lowest BCUT2D eigenvalue weighted by Gasteiger charge is -2.34. The van der Waals surface area contributed by atoms with Crippen LogP contribution in [0.1, 0.15) is 50.1 Å². The van der Waals surface area contributed by atoms with E-state index in [9.17, 15) is 9.90 Å². The van der Waals surface area contributed by atoms with Crippen LogP contribution in [-0.2, 0) is 11.2 Å². The van der Waals surface area contributed by atoms with Gasteiger partial charge in [0, 0.05) is 31.0 Å². The summed E-state index contributed by atoms with van der Waals surface area (Å²) >= 11 is 0. The maximum absolute atomic E-state index is 12.2. The predicted molar refractivity (Wildman–Crippen MR) is 72.8 cm³/mol. The summed E-state index contributed by atoms with van der Waals surface area (Å²) in [6, 6.07) is 1.91. The molecular weight excluding hydrogens is 240 g/mol. The molecule has 2 aliphatic rings. The van der Waals surface area contributed by atoms with Crippen LogP contribution in [0.2, 0.25) is 0 Å². The predicted octanol–water partition coefficient (Wildman–Crippen LogP) is 1.90. The third-order valence-electron chi connectivity index (χ3n) is 4.55. The summed E-state index contributed by atoms with van der Waals surface area (Å²) in [4.78, 5) is 14.0. The Morgan fingerprint density at radius 3 is 2.79 bits per heavy atom. The molecule has 1 N–H and O–H groups in total. The molecule has 1 amide bonds. The number of likely N-dealkylation sites (N-methyl/N-ethyl adjacent to an activating group) is 1. The number of aliphatic hydroxyl groups is 1. The normalized spacial score (nSPS) is 29.7. The first-order valence-corrected chi connectivity index (χ1v) is 7.02. The van der Waals surface area contributed by atoms with Gasteiger partial charge >= 0.3 is 0 Å². The fourth-order valence-corrected chi connectivity index (χ4v) is 3.51. The van der Waals surface area contributed by atoms with Crippen molar-refractivity contribution in [1.29, 1.82) is 0 Å². The summed E-state index contributed by atoms with van der Waals surface area (Å²) in [7, 11) is 1.86. The molecule has 1 fully saturated rings. The SMILES string of the molecule is CN1CCC(n2ccc3c2CC(C)(C)CC3O)C1=O. The van der Waals surface area contributed by atoms with Crippen LogP contribution in [0.3, 0.4) is 0 Å². The fraction of sp³-hybridized carbons (Fsp3) is 0.667. The second-order valence-corrected chi connectivity index (χ2v) is 6.75. The molecule has 0 aromatic carbocycles. The second kappa shape index (κ2) is 4.10. The quantitative estimate of drug-likeness (QED) is 0.840. The molecule has 2 unspecified atom stereocenters. The first kappa shape index (κ1) is 12.7. The van der Waals surface area contributed by atoms with Crippen molar-refractivity contribution in [3.63, 3.8) is 0 Å². The number of amides is 1. The molecule has 0 saturated carbocycles. The summed E-state index contributed by atoms with van der Waals surface area (Å²) in [6.07, 6.45) is 4.18. The van der Waals surface area contributed by atoms with Crippen LogP contribution in [0.25, 0.3) is 0 Å². The van der Waals surface area contributed by atoms with E-state index >= 15 is 0 Å². The van der Waals surface area contributed by atoms with Crippen LogP contribution in [0.15, 0.2) is 12.3 Å². The zero-order chi connectivity index (χ0) is 13.8. The van der Waals surface area contributed by atoms with Gasteiger partial charge in [-0.3, -0.25) is 4.79 Å². The standard InChI is InChI=1S/C15H22N2O2/c1-15(2)8-12-10(13(18)9-15)4-7-17(12)11-5-6-16(3)14(11)19/h4,7,11,13,18H,5-6,8-9H2,1-3H3. The first-order valence-electron chi connectivity index (χ1n) is 7.02. The number of hydrogen-bond acceptors (Lipinski definition) is 2. The molecular formula is C15H22N2O2. The zero-order valence-corrected chi connectivity index (χ0v) is 11.9. The van der Waals surface area contributed by atoms with E-state index in [1.807, 2.05) is 19.3 Å². The van der Waals surface area contributed by atoms with Crippen molar-refractivity contribution < 1.29 is 9.90 Å². The van der Waals surface area contributed by atoms with Crippen LogP contribution in [0, 0.1) is 5.41 Å². The number of rotatable bonds is 1. The zero-order valence-electron chi connectivity index (χ0n) is 11.9. The molecule has 1 aromatic rings. The fourth-order valence-electron chi connectivity index (χ4n) is 3.51. The number of carbonyl (C=O) groups is 1. The third kappa shape index (κ3) is 1.98. The maximum atomic E-state index is 12.2. The lowest BCUT2D eigenvalue weighted by Crippen LogP contribution is -2.30. The molecule has 0 radical (unpaired) electrons. The second-order valence-electron chi connectivity index (χ2n) is 6.75. The van der Waals surface area contributed by atoms with E-state index in [0.29, 0.717) is 0 Å². The smallest absolute Gasteiger partial charge is 0.245 e. The number of carbonyl (C=O) groups excluding carboxylic acids is 1. The largest absolute Gasteiger partial charge is 0.388 e. The minimum absolute atomic E-state index is 0.0742. The lowest BCUT2D eigenvalue weighted by molar-refractivity contribution is -0.129. The van der Waals surface area contributed by atoms with E-state index in [2.05, 4.69) is 18.4 Å². The van der Waals surface area contributed by atoms with E-state index in [1.54, 1.807) is 4.90 Å². The number of likely N-dealkylation sites (tertiary alicyclic amines) is 1. The van der Waals surface area contributed by atoms with Gasteiger partial charge in [0.05, 0.1) is 6.10 Å². The van der Waals surface area contributed by atoms with Crippen LogP contribution < -0.4 is 0 Å². The van der Waals surface area contributed by atoms with Gasteiger partial charge in [0.2, 0.25) is 5.91 Å². The van der Waals surface area contributed by atoms with Gasteiger partial charge in [0.25, 0.3) is 0 Å². The number of fused-ring (bicyclic) bond motifs is 1. The summed E-state index contributed by atoms with van der Waals surface area (Å²) in [5.41, 5.74) is 2.26. The Bertz CT molecular complexity index is 518. The molecule has 0 spiro atoms. The van der Waals surface area contributed by atoms with Crippen molar-refractivity contribution in [1.82, 2.24) is 9.47 Å². The number of aromatic nitrogens is 1. The van der Waals surface area contributed by atoms with Crippen LogP contribution in [0.5, 0.6) is 0 Å². The molecule has 1 aliphatic carbocycles. The van der Waals surface area contributed by atoms with E-state index < -0.39 is 6.10 Å². The van der Waals surface area contributed by atoms with Crippen molar-refractivity contribution in [2.45, 2.75) is 45.3 Å². The Morgan fingerprint density at radius 2 is 2.16 bits per heavy atom. The molecule has 4 nitrogen and oxygen atoms in total. The van der Waals surface area contributed by atoms with Gasteiger partial charge in [0.1, 0.15) is 6.04 Å². The Balaban J connectivity index is 2.00. The number of hydrogen-bond donors (Lipinski definition) is 1. The maximum Gasteiger partial charge on any atom is 0.245 e. The Hall–Kier alpha value is -1.29. The Morgan fingerprint density at radius 1 is 1.42 bits per heavy atom. The highest BCUT2D eigenvalue weighted by Gasteiger charge is 2.37. The topological polar surface area (TPSA) is 45.5 Å². The molecule has 4 heteroatoms. The van der Waals surface area contributed by atoms with Gasteiger partial charge < -0.3 is 14.6 Å². The van der Waals surface area contributed by atoms with E-state index in [4.69, 9.17) is 0 Å². The molecule has 1 aliphatic heterocycles. The van der Waals surface area contributed by atoms with Crippen molar-refractivity contribution >= 4 is 5.91 Å². The summed E-state index contributed by atoms with van der Waals surface area (Å²) in [5.74, 6) is 0.191. The van der Waals surface area contributed by atoms with E-state index in [-0.39, 0.29) is 17.4 Å². The highest BCUT2D eigenvalue weighted by molar-refractivity contribution is 5.82. The average molecular weight is 262 g/mol. The van der Waals surface area contributed by atoms with Crippen molar-refractivity contribution in [3.8, 4) is 0 Å². The highest BCUT2D eigenvalue weighted by atomic mass is 16.3. The van der Waals surface area contributed by atoms with E-state index in [1.165, 1.54) is 0 Å². The van der Waals surface area contributed by atoms with Gasteiger partial charge in [-0.1, -0.05) is 13.8 Å². The van der Waals surface area contributed by atoms with Crippen LogP contribution >= 0.6 is 0 Å². The summed E-state index contributed by atoms with van der Waals surface area (Å²) in [6.45, 7) is 5.18. The van der Waals surface area contributed by atoms with Gasteiger partial charge in [-0.25, -0.2) is 0 Å². The Kier molecular flexibility index (Phi) is 2.75.